The summed E-state index contributed by atoms with van der Waals surface area (Å²) < 4.78 is 5.86. The molecule has 1 saturated heterocycles. The first-order valence-electron chi connectivity index (χ1n) is 13.7. The van der Waals surface area contributed by atoms with E-state index in [0.717, 1.165) is 55.0 Å². The van der Waals surface area contributed by atoms with Crippen molar-refractivity contribution in [1.82, 2.24) is 0 Å². The van der Waals surface area contributed by atoms with Crippen LogP contribution >= 0.6 is 0 Å². The number of ether oxygens (including phenoxy) is 1. The number of aliphatic hydroxyl groups excluding tert-OH is 1. The van der Waals surface area contributed by atoms with E-state index in [0.29, 0.717) is 17.4 Å². The molecule has 0 aromatic rings. The molecule has 4 aliphatic carbocycles. The third-order valence-electron chi connectivity index (χ3n) is 11.3. The number of aliphatic hydroxyl groups is 1. The monoisotopic (exact) mass is 428 g/mol. The molecule has 2 unspecified atom stereocenters. The van der Waals surface area contributed by atoms with Gasteiger partial charge in [0.05, 0.1) is 18.8 Å². The van der Waals surface area contributed by atoms with Gasteiger partial charge in [0.2, 0.25) is 0 Å². The molecular formula is C29H48O2. The van der Waals surface area contributed by atoms with E-state index in [9.17, 15) is 5.11 Å². The molecule has 3 saturated carbocycles. The molecule has 5 aliphatic rings. The number of rotatable bonds is 6. The van der Waals surface area contributed by atoms with Gasteiger partial charge in [-0.25, -0.2) is 0 Å². The van der Waals surface area contributed by atoms with Crippen LogP contribution in [0, 0.1) is 52.3 Å². The Labute approximate surface area is 191 Å². The van der Waals surface area contributed by atoms with Crippen LogP contribution in [0.25, 0.3) is 0 Å². The van der Waals surface area contributed by atoms with Crippen LogP contribution in [0.1, 0.15) is 98.8 Å². The van der Waals surface area contributed by atoms with E-state index < -0.39 is 0 Å². The van der Waals surface area contributed by atoms with Gasteiger partial charge in [0.25, 0.3) is 0 Å². The van der Waals surface area contributed by atoms with Crippen molar-refractivity contribution in [3.8, 4) is 0 Å². The van der Waals surface area contributed by atoms with Gasteiger partial charge in [-0.1, -0.05) is 65.5 Å². The highest BCUT2D eigenvalue weighted by atomic mass is 16.6. The lowest BCUT2D eigenvalue weighted by atomic mass is 9.44. The fraction of sp³-hybridized carbons (Fsp3) is 0.931. The zero-order valence-electron chi connectivity index (χ0n) is 20.9. The summed E-state index contributed by atoms with van der Waals surface area (Å²) in [5.41, 5.74) is 2.42. The molecule has 1 heterocycles. The highest BCUT2D eigenvalue weighted by Crippen LogP contribution is 2.69. The van der Waals surface area contributed by atoms with Gasteiger partial charge in [-0.2, -0.15) is 0 Å². The number of epoxide rings is 1. The van der Waals surface area contributed by atoms with E-state index in [1.165, 1.54) is 51.4 Å². The van der Waals surface area contributed by atoms with Gasteiger partial charge in [0, 0.05) is 0 Å². The Hall–Kier alpha value is -0.340. The average Bonchev–Trinajstić information content (AvgIpc) is 3.48. The van der Waals surface area contributed by atoms with Crippen LogP contribution in [0.4, 0.5) is 0 Å². The molecule has 0 aromatic carbocycles. The second-order valence-electron chi connectivity index (χ2n) is 13.2. The molecule has 2 nitrogen and oxygen atoms in total. The number of allylic oxidation sites excluding steroid dienone is 1. The largest absolute Gasteiger partial charge is 0.393 e. The number of hydrogen-bond donors (Lipinski definition) is 1. The lowest BCUT2D eigenvalue weighted by Crippen LogP contribution is -2.55. The summed E-state index contributed by atoms with van der Waals surface area (Å²) in [6, 6.07) is 0. The van der Waals surface area contributed by atoms with Crippen molar-refractivity contribution in [2.45, 2.75) is 111 Å². The van der Waals surface area contributed by atoms with E-state index >= 15 is 0 Å². The molecule has 31 heavy (non-hydrogen) atoms. The summed E-state index contributed by atoms with van der Waals surface area (Å²) >= 11 is 0. The minimum atomic E-state index is -0.151. The van der Waals surface area contributed by atoms with Crippen LogP contribution < -0.4 is 0 Å². The molecule has 5 rings (SSSR count). The summed E-state index contributed by atoms with van der Waals surface area (Å²) in [5, 5.41) is 10.6. The third-order valence-corrected chi connectivity index (χ3v) is 11.3. The quantitative estimate of drug-likeness (QED) is 0.364. The number of fused-ring (bicyclic) bond motifs is 5. The molecule has 1 N–H and O–H groups in total. The van der Waals surface area contributed by atoms with Gasteiger partial charge >= 0.3 is 0 Å². The molecule has 0 aromatic heterocycles. The van der Waals surface area contributed by atoms with E-state index in [1.807, 2.05) is 0 Å². The molecule has 4 fully saturated rings. The molecule has 0 spiro atoms. The highest BCUT2D eigenvalue weighted by molar-refractivity contribution is 5.28. The molecule has 1 aliphatic heterocycles. The Morgan fingerprint density at radius 2 is 1.84 bits per heavy atom. The van der Waals surface area contributed by atoms with Gasteiger partial charge in [-0.05, 0) is 97.2 Å². The van der Waals surface area contributed by atoms with Crippen molar-refractivity contribution in [3.63, 3.8) is 0 Å². The van der Waals surface area contributed by atoms with E-state index in [1.54, 1.807) is 5.57 Å². The lowest BCUT2D eigenvalue weighted by Gasteiger charge is -2.60. The Morgan fingerprint density at radius 1 is 1.06 bits per heavy atom. The maximum Gasteiger partial charge on any atom is 0.0847 e. The molecule has 2 heteroatoms. The van der Waals surface area contributed by atoms with Crippen molar-refractivity contribution < 1.29 is 9.84 Å². The third kappa shape index (κ3) is 3.67. The van der Waals surface area contributed by atoms with Crippen LogP contribution in [0.5, 0.6) is 0 Å². The summed E-state index contributed by atoms with van der Waals surface area (Å²) in [5.74, 6) is 5.76. The first kappa shape index (κ1) is 22.5. The van der Waals surface area contributed by atoms with Crippen molar-refractivity contribution in [2.24, 2.45) is 52.3 Å². The minimum absolute atomic E-state index is 0.151. The van der Waals surface area contributed by atoms with Crippen LogP contribution in [0.15, 0.2) is 11.6 Å². The molecular weight excluding hydrogens is 380 g/mol. The highest BCUT2D eigenvalue weighted by Gasteiger charge is 2.62. The van der Waals surface area contributed by atoms with Crippen molar-refractivity contribution in [3.05, 3.63) is 11.6 Å². The molecule has 0 amide bonds. The summed E-state index contributed by atoms with van der Waals surface area (Å²) in [4.78, 5) is 0. The Morgan fingerprint density at radius 3 is 2.55 bits per heavy atom. The second-order valence-corrected chi connectivity index (χ2v) is 13.2. The van der Waals surface area contributed by atoms with Crippen molar-refractivity contribution >= 4 is 0 Å². The lowest BCUT2D eigenvalue weighted by molar-refractivity contribution is -0.0836. The van der Waals surface area contributed by atoms with Crippen LogP contribution in [-0.2, 0) is 4.74 Å². The van der Waals surface area contributed by atoms with E-state index in [2.05, 4.69) is 40.7 Å². The predicted molar refractivity (Wildman–Crippen MR) is 128 cm³/mol. The van der Waals surface area contributed by atoms with E-state index in [-0.39, 0.29) is 11.5 Å². The SMILES string of the molecule is CC(C)CCC[C@@H](C)[C@H]1CC[C@H]2[C@@H]3CC=C4C[C@@H](O)CC(C5CO5)[C@]4(C)[C@H]3CC[C@]12C. The standard InChI is InChI=1S/C29H48O2/c1-18(2)7-6-8-19(3)23-11-12-24-22-10-9-20-15-21(30)16-26(27-17-31-27)29(20,5)25(22)13-14-28(23,24)4/h9,18-19,21-27,30H,6-8,10-17H2,1-5H3/t19-,21-,22+,23-,24+,25+,26?,27?,28-,29+/m1/s1. The maximum absolute atomic E-state index is 10.6. The molecule has 10 atom stereocenters. The summed E-state index contributed by atoms with van der Waals surface area (Å²) in [6.07, 6.45) is 16.0. The summed E-state index contributed by atoms with van der Waals surface area (Å²) in [7, 11) is 0. The molecule has 0 bridgehead atoms. The fourth-order valence-electron chi connectivity index (χ4n) is 9.64. The van der Waals surface area contributed by atoms with E-state index in [4.69, 9.17) is 4.74 Å². The predicted octanol–water partition coefficient (Wildman–Crippen LogP) is 7.01. The summed E-state index contributed by atoms with van der Waals surface area (Å²) in [6.45, 7) is 13.5. The van der Waals surface area contributed by atoms with Crippen LogP contribution in [-0.4, -0.2) is 23.9 Å². The second kappa shape index (κ2) is 8.15. The normalized spacial score (nSPS) is 49.8. The van der Waals surface area contributed by atoms with Gasteiger partial charge in [0.1, 0.15) is 0 Å². The first-order valence-corrected chi connectivity index (χ1v) is 13.7. The fourth-order valence-corrected chi connectivity index (χ4v) is 9.64. The van der Waals surface area contributed by atoms with Gasteiger partial charge in [-0.15, -0.1) is 0 Å². The van der Waals surface area contributed by atoms with Crippen molar-refractivity contribution in [2.75, 3.05) is 6.61 Å². The van der Waals surface area contributed by atoms with Gasteiger partial charge in [-0.3, -0.25) is 0 Å². The zero-order valence-corrected chi connectivity index (χ0v) is 20.9. The Kier molecular flexibility index (Phi) is 5.91. The maximum atomic E-state index is 10.6. The van der Waals surface area contributed by atoms with Crippen molar-refractivity contribution in [1.29, 1.82) is 0 Å². The minimum Gasteiger partial charge on any atom is -0.393 e. The molecule has 0 radical (unpaired) electrons. The number of hydrogen-bond acceptors (Lipinski definition) is 2. The molecule has 176 valence electrons. The first-order chi connectivity index (χ1) is 14.7. The van der Waals surface area contributed by atoms with Crippen LogP contribution in [0.3, 0.4) is 0 Å². The van der Waals surface area contributed by atoms with Gasteiger partial charge < -0.3 is 9.84 Å². The van der Waals surface area contributed by atoms with Crippen LogP contribution in [0.2, 0.25) is 0 Å². The average molecular weight is 429 g/mol. The Bertz CT molecular complexity index is 693. The smallest absolute Gasteiger partial charge is 0.0847 e. The zero-order chi connectivity index (χ0) is 22.0. The Balaban J connectivity index is 1.36. The topological polar surface area (TPSA) is 32.8 Å². The van der Waals surface area contributed by atoms with Gasteiger partial charge in [0.15, 0.2) is 0 Å².